The third-order valence-electron chi connectivity index (χ3n) is 4.71. The van der Waals surface area contributed by atoms with E-state index < -0.39 is 0 Å². The first kappa shape index (κ1) is 15.1. The number of rotatable bonds is 6. The van der Waals surface area contributed by atoms with Crippen molar-refractivity contribution in [3.05, 3.63) is 21.4 Å². The van der Waals surface area contributed by atoms with Gasteiger partial charge in [-0.25, -0.2) is 0 Å². The summed E-state index contributed by atoms with van der Waals surface area (Å²) >= 11 is 2.05. The Morgan fingerprint density at radius 2 is 1.84 bits per heavy atom. The topological polar surface area (TPSA) is 12.0 Å². The van der Waals surface area contributed by atoms with Gasteiger partial charge < -0.3 is 5.32 Å². The van der Waals surface area contributed by atoms with Crippen LogP contribution in [0.3, 0.4) is 0 Å². The molecule has 2 unspecified atom stereocenters. The Bertz CT molecular complexity index is 368. The molecule has 1 N–H and O–H groups in total. The van der Waals surface area contributed by atoms with Crippen LogP contribution in [-0.4, -0.2) is 6.04 Å². The second-order valence-corrected chi connectivity index (χ2v) is 7.23. The van der Waals surface area contributed by atoms with Gasteiger partial charge in [-0.05, 0) is 57.1 Å². The first-order chi connectivity index (χ1) is 9.15. The third-order valence-corrected chi connectivity index (χ3v) is 6.13. The molecule has 1 aliphatic rings. The average Bonchev–Trinajstić information content (AvgIpc) is 2.84. The molecule has 0 saturated heterocycles. The van der Waals surface area contributed by atoms with Crippen molar-refractivity contribution in [2.75, 3.05) is 0 Å². The fraction of sp³-hybridized carbons (Fsp3) is 0.765. The lowest BCUT2D eigenvalue weighted by molar-refractivity contribution is 0.331. The summed E-state index contributed by atoms with van der Waals surface area (Å²) in [6.45, 7) is 9.29. The fourth-order valence-electron chi connectivity index (χ4n) is 3.34. The molecule has 0 aliphatic heterocycles. The molecule has 0 aromatic carbocycles. The summed E-state index contributed by atoms with van der Waals surface area (Å²) in [6, 6.07) is 3.59. The summed E-state index contributed by atoms with van der Waals surface area (Å²) in [4.78, 5) is 3.20. The van der Waals surface area contributed by atoms with Crippen LogP contribution in [0.1, 0.15) is 74.7 Å². The van der Waals surface area contributed by atoms with Gasteiger partial charge in [-0.15, -0.1) is 11.3 Å². The fourth-order valence-corrected chi connectivity index (χ4v) is 4.60. The van der Waals surface area contributed by atoms with Crippen LogP contribution in [0.2, 0.25) is 0 Å². The molecule has 2 rings (SSSR count). The van der Waals surface area contributed by atoms with E-state index in [1.165, 1.54) is 38.5 Å². The number of hydrogen-bond donors (Lipinski definition) is 1. The van der Waals surface area contributed by atoms with Crippen LogP contribution < -0.4 is 5.32 Å². The summed E-state index contributed by atoms with van der Waals surface area (Å²) in [5.74, 6) is 0.803. The molecular formula is C17H29NS. The van der Waals surface area contributed by atoms with E-state index in [4.69, 9.17) is 0 Å². The van der Waals surface area contributed by atoms with Gasteiger partial charge in [0.2, 0.25) is 0 Å². The minimum atomic E-state index is 0.506. The molecule has 108 valence electrons. The SMILES string of the molecule is CCC(CC)C(C)NC(C)c1cc2c(s1)CCCC2. The minimum Gasteiger partial charge on any atom is -0.307 e. The Balaban J connectivity index is 1.99. The minimum absolute atomic E-state index is 0.506. The van der Waals surface area contributed by atoms with Gasteiger partial charge in [0.25, 0.3) is 0 Å². The molecule has 19 heavy (non-hydrogen) atoms. The summed E-state index contributed by atoms with van der Waals surface area (Å²) in [7, 11) is 0. The smallest absolute Gasteiger partial charge is 0.0388 e. The number of thiophene rings is 1. The van der Waals surface area contributed by atoms with Gasteiger partial charge in [-0.3, -0.25) is 0 Å². The van der Waals surface area contributed by atoms with Crippen LogP contribution >= 0.6 is 11.3 Å². The van der Waals surface area contributed by atoms with Gasteiger partial charge in [0, 0.05) is 21.8 Å². The Morgan fingerprint density at radius 3 is 2.47 bits per heavy atom. The average molecular weight is 279 g/mol. The van der Waals surface area contributed by atoms with Gasteiger partial charge in [0.1, 0.15) is 0 Å². The van der Waals surface area contributed by atoms with Crippen molar-refractivity contribution in [1.29, 1.82) is 0 Å². The molecule has 1 heterocycles. The van der Waals surface area contributed by atoms with Crippen molar-refractivity contribution in [3.63, 3.8) is 0 Å². The highest BCUT2D eigenvalue weighted by molar-refractivity contribution is 7.12. The van der Waals surface area contributed by atoms with E-state index in [-0.39, 0.29) is 0 Å². The van der Waals surface area contributed by atoms with E-state index in [2.05, 4.69) is 39.1 Å². The zero-order chi connectivity index (χ0) is 13.8. The summed E-state index contributed by atoms with van der Waals surface area (Å²) < 4.78 is 0. The quantitative estimate of drug-likeness (QED) is 0.763. The molecule has 1 aliphatic carbocycles. The molecule has 0 saturated carbocycles. The maximum atomic E-state index is 3.82. The molecule has 0 radical (unpaired) electrons. The second-order valence-electron chi connectivity index (χ2n) is 6.06. The van der Waals surface area contributed by atoms with E-state index in [1.807, 2.05) is 11.3 Å². The van der Waals surface area contributed by atoms with Gasteiger partial charge in [-0.1, -0.05) is 26.7 Å². The first-order valence-corrected chi connectivity index (χ1v) is 8.84. The largest absolute Gasteiger partial charge is 0.307 e. The highest BCUT2D eigenvalue weighted by atomic mass is 32.1. The normalized spacial score (nSPS) is 18.4. The highest BCUT2D eigenvalue weighted by Gasteiger charge is 2.20. The van der Waals surface area contributed by atoms with Crippen LogP contribution in [0.4, 0.5) is 0 Å². The van der Waals surface area contributed by atoms with E-state index in [1.54, 1.807) is 15.3 Å². The Hall–Kier alpha value is -0.340. The highest BCUT2D eigenvalue weighted by Crippen LogP contribution is 2.33. The molecule has 0 spiro atoms. The predicted molar refractivity (Wildman–Crippen MR) is 86.0 cm³/mol. The Labute approximate surface area is 122 Å². The lowest BCUT2D eigenvalue weighted by Crippen LogP contribution is -2.34. The standard InChI is InChI=1S/C17H29NS/c1-5-14(6-2)12(3)18-13(4)17-11-15-9-7-8-10-16(15)19-17/h11-14,18H,5-10H2,1-4H3. The van der Waals surface area contributed by atoms with E-state index in [9.17, 15) is 0 Å². The molecule has 1 aromatic rings. The van der Waals surface area contributed by atoms with Gasteiger partial charge >= 0.3 is 0 Å². The molecule has 1 aromatic heterocycles. The van der Waals surface area contributed by atoms with E-state index in [0.29, 0.717) is 12.1 Å². The Morgan fingerprint density at radius 1 is 1.16 bits per heavy atom. The third kappa shape index (κ3) is 3.61. The van der Waals surface area contributed by atoms with Crippen LogP contribution in [0.25, 0.3) is 0 Å². The summed E-state index contributed by atoms with van der Waals surface area (Å²) in [6.07, 6.45) is 7.94. The predicted octanol–water partition coefficient (Wildman–Crippen LogP) is 5.10. The summed E-state index contributed by atoms with van der Waals surface area (Å²) in [5.41, 5.74) is 1.63. The molecule has 1 nitrogen and oxygen atoms in total. The number of fused-ring (bicyclic) bond motifs is 1. The van der Waals surface area contributed by atoms with Crippen LogP contribution in [0.5, 0.6) is 0 Å². The second kappa shape index (κ2) is 6.90. The maximum Gasteiger partial charge on any atom is 0.0388 e. The monoisotopic (exact) mass is 279 g/mol. The van der Waals surface area contributed by atoms with Crippen LogP contribution in [0, 0.1) is 5.92 Å². The van der Waals surface area contributed by atoms with Gasteiger partial charge in [0.05, 0.1) is 0 Å². The van der Waals surface area contributed by atoms with Crippen molar-refractivity contribution >= 4 is 11.3 Å². The van der Waals surface area contributed by atoms with E-state index >= 15 is 0 Å². The van der Waals surface area contributed by atoms with Crippen LogP contribution in [-0.2, 0) is 12.8 Å². The number of hydrogen-bond acceptors (Lipinski definition) is 2. The van der Waals surface area contributed by atoms with Gasteiger partial charge in [-0.2, -0.15) is 0 Å². The maximum absolute atomic E-state index is 3.82. The number of aryl methyl sites for hydroxylation is 2. The van der Waals surface area contributed by atoms with Crippen molar-refractivity contribution in [2.24, 2.45) is 5.92 Å². The Kier molecular flexibility index (Phi) is 5.47. The summed E-state index contributed by atoms with van der Waals surface area (Å²) in [5, 5.41) is 3.82. The zero-order valence-electron chi connectivity index (χ0n) is 13.0. The zero-order valence-corrected chi connectivity index (χ0v) is 13.8. The van der Waals surface area contributed by atoms with Crippen LogP contribution in [0.15, 0.2) is 6.07 Å². The number of nitrogens with one attached hydrogen (secondary N) is 1. The first-order valence-electron chi connectivity index (χ1n) is 8.03. The molecular weight excluding hydrogens is 250 g/mol. The molecule has 0 amide bonds. The van der Waals surface area contributed by atoms with E-state index in [0.717, 1.165) is 5.92 Å². The van der Waals surface area contributed by atoms with Crippen molar-refractivity contribution < 1.29 is 0 Å². The van der Waals surface area contributed by atoms with Crippen molar-refractivity contribution in [2.45, 2.75) is 78.3 Å². The molecule has 0 bridgehead atoms. The van der Waals surface area contributed by atoms with Gasteiger partial charge in [0.15, 0.2) is 0 Å². The van der Waals surface area contributed by atoms with Crippen molar-refractivity contribution in [1.82, 2.24) is 5.32 Å². The molecule has 0 fully saturated rings. The van der Waals surface area contributed by atoms with Crippen molar-refractivity contribution in [3.8, 4) is 0 Å². The molecule has 2 atom stereocenters. The lowest BCUT2D eigenvalue weighted by Gasteiger charge is -2.26. The lowest BCUT2D eigenvalue weighted by atomic mass is 9.94. The molecule has 2 heteroatoms.